The fraction of sp³-hybridized carbons (Fsp3) is 0.714. The zero-order valence-electron chi connectivity index (χ0n) is 13.7. The molecular formula is C14H25N3O6S. The van der Waals surface area contributed by atoms with Gasteiger partial charge in [-0.1, -0.05) is 13.8 Å². The van der Waals surface area contributed by atoms with Crippen LogP contribution in [0.2, 0.25) is 0 Å². The van der Waals surface area contributed by atoms with Gasteiger partial charge < -0.3 is 26.6 Å². The highest BCUT2D eigenvalue weighted by Crippen LogP contribution is 2.04. The van der Waals surface area contributed by atoms with Crippen molar-refractivity contribution in [3.8, 4) is 0 Å². The SMILES string of the molecule is CC(C)[C@@H](NC(=O)[C@@H](CS)NC(=O)CCC[C@H](N)C(=O)O)C(=O)O. The Bertz CT molecular complexity index is 471. The molecule has 0 aromatic rings. The molecule has 0 aromatic carbocycles. The lowest BCUT2D eigenvalue weighted by Crippen LogP contribution is -2.53. The lowest BCUT2D eigenvalue weighted by Gasteiger charge is -2.22. The summed E-state index contributed by atoms with van der Waals surface area (Å²) in [7, 11) is 0. The number of carboxylic acid groups (broad SMARTS) is 2. The second kappa shape index (κ2) is 10.9. The molecule has 3 atom stereocenters. The first kappa shape index (κ1) is 22.2. The van der Waals surface area contributed by atoms with Gasteiger partial charge in [-0.3, -0.25) is 14.4 Å². The van der Waals surface area contributed by atoms with Crippen molar-refractivity contribution in [1.82, 2.24) is 10.6 Å². The average molecular weight is 363 g/mol. The van der Waals surface area contributed by atoms with Gasteiger partial charge in [0.1, 0.15) is 18.1 Å². The fourth-order valence-electron chi connectivity index (χ4n) is 1.83. The highest BCUT2D eigenvalue weighted by atomic mass is 32.1. The van der Waals surface area contributed by atoms with Crippen LogP contribution in [0.3, 0.4) is 0 Å². The van der Waals surface area contributed by atoms with E-state index >= 15 is 0 Å². The van der Waals surface area contributed by atoms with Crippen molar-refractivity contribution in [3.05, 3.63) is 0 Å². The van der Waals surface area contributed by atoms with Gasteiger partial charge in [0.15, 0.2) is 0 Å². The molecule has 9 nitrogen and oxygen atoms in total. The van der Waals surface area contributed by atoms with Gasteiger partial charge in [0, 0.05) is 12.2 Å². The van der Waals surface area contributed by atoms with Crippen LogP contribution >= 0.6 is 12.6 Å². The van der Waals surface area contributed by atoms with Gasteiger partial charge >= 0.3 is 11.9 Å². The maximum Gasteiger partial charge on any atom is 0.326 e. The summed E-state index contributed by atoms with van der Waals surface area (Å²) in [4.78, 5) is 45.5. The topological polar surface area (TPSA) is 159 Å². The number of carbonyl (C=O) groups is 4. The smallest absolute Gasteiger partial charge is 0.326 e. The lowest BCUT2D eigenvalue weighted by molar-refractivity contribution is -0.143. The van der Waals surface area contributed by atoms with Crippen molar-refractivity contribution in [2.75, 3.05) is 5.75 Å². The molecule has 0 spiro atoms. The van der Waals surface area contributed by atoms with Crippen LogP contribution in [-0.2, 0) is 19.2 Å². The molecule has 2 amide bonds. The monoisotopic (exact) mass is 363 g/mol. The Kier molecular flexibility index (Phi) is 10.0. The summed E-state index contributed by atoms with van der Waals surface area (Å²) < 4.78 is 0. The number of rotatable bonds is 11. The number of nitrogens with one attached hydrogen (secondary N) is 2. The minimum atomic E-state index is -1.16. The van der Waals surface area contributed by atoms with Crippen LogP contribution in [0.25, 0.3) is 0 Å². The molecule has 0 heterocycles. The second-order valence-corrected chi connectivity index (χ2v) is 6.07. The van der Waals surface area contributed by atoms with Crippen molar-refractivity contribution < 1.29 is 29.4 Å². The Hall–Kier alpha value is -1.81. The number of aliphatic carboxylic acids is 2. The molecule has 0 aliphatic heterocycles. The molecule has 0 saturated heterocycles. The van der Waals surface area contributed by atoms with E-state index in [4.69, 9.17) is 15.9 Å². The number of hydrogen-bond acceptors (Lipinski definition) is 6. The van der Waals surface area contributed by atoms with E-state index in [-0.39, 0.29) is 30.9 Å². The summed E-state index contributed by atoms with van der Waals surface area (Å²) >= 11 is 3.99. The number of hydrogen-bond donors (Lipinski definition) is 6. The zero-order valence-corrected chi connectivity index (χ0v) is 14.6. The normalized spacial score (nSPS) is 14.5. The van der Waals surface area contributed by atoms with Crippen LogP contribution in [0.1, 0.15) is 33.1 Å². The Morgan fingerprint density at radius 2 is 1.67 bits per heavy atom. The molecule has 0 unspecified atom stereocenters. The van der Waals surface area contributed by atoms with Gasteiger partial charge in [-0.05, 0) is 18.8 Å². The van der Waals surface area contributed by atoms with Gasteiger partial charge in [0.25, 0.3) is 0 Å². The average Bonchev–Trinajstić information content (AvgIpc) is 2.48. The number of nitrogens with two attached hydrogens (primary N) is 1. The van der Waals surface area contributed by atoms with Crippen molar-refractivity contribution >= 4 is 36.4 Å². The molecule has 138 valence electrons. The second-order valence-electron chi connectivity index (χ2n) is 5.71. The molecule has 0 aromatic heterocycles. The van der Waals surface area contributed by atoms with Crippen LogP contribution in [0.5, 0.6) is 0 Å². The van der Waals surface area contributed by atoms with E-state index < -0.39 is 41.9 Å². The third-order valence-electron chi connectivity index (χ3n) is 3.30. The number of thiol groups is 1. The molecule has 0 radical (unpaired) electrons. The van der Waals surface area contributed by atoms with Gasteiger partial charge in [-0.15, -0.1) is 0 Å². The first-order valence-electron chi connectivity index (χ1n) is 7.51. The van der Waals surface area contributed by atoms with E-state index in [1.165, 1.54) is 0 Å². The molecule has 24 heavy (non-hydrogen) atoms. The Morgan fingerprint density at radius 3 is 2.08 bits per heavy atom. The summed E-state index contributed by atoms with van der Waals surface area (Å²) in [6.45, 7) is 3.30. The molecular weight excluding hydrogens is 338 g/mol. The molecule has 0 fully saturated rings. The van der Waals surface area contributed by atoms with Gasteiger partial charge in [0.2, 0.25) is 11.8 Å². The fourth-order valence-corrected chi connectivity index (χ4v) is 2.09. The van der Waals surface area contributed by atoms with Crippen LogP contribution < -0.4 is 16.4 Å². The zero-order chi connectivity index (χ0) is 18.9. The molecule has 0 aliphatic carbocycles. The largest absolute Gasteiger partial charge is 0.480 e. The third kappa shape index (κ3) is 8.16. The molecule has 0 rings (SSSR count). The van der Waals surface area contributed by atoms with Crippen LogP contribution in [0.15, 0.2) is 0 Å². The third-order valence-corrected chi connectivity index (χ3v) is 3.67. The standard InChI is InChI=1S/C14H25N3O6S/c1-7(2)11(14(22)23)17-12(19)9(6-24)16-10(18)5-3-4-8(15)13(20)21/h7-9,11,24H,3-6,15H2,1-2H3,(H,16,18)(H,17,19)(H,20,21)(H,22,23)/t8-,9+,11+/m0/s1. The molecule has 0 aliphatic rings. The minimum absolute atomic E-state index is 0.00333. The van der Waals surface area contributed by atoms with Crippen molar-refractivity contribution in [2.24, 2.45) is 11.7 Å². The first-order chi connectivity index (χ1) is 11.1. The summed E-state index contributed by atoms with van der Waals surface area (Å²) in [5.74, 6) is -3.72. The van der Waals surface area contributed by atoms with Crippen molar-refractivity contribution in [3.63, 3.8) is 0 Å². The minimum Gasteiger partial charge on any atom is -0.480 e. The summed E-state index contributed by atoms with van der Waals surface area (Å²) in [5, 5.41) is 22.5. The Labute approximate surface area is 145 Å². The van der Waals surface area contributed by atoms with E-state index in [0.29, 0.717) is 0 Å². The summed E-state index contributed by atoms with van der Waals surface area (Å²) in [6.07, 6.45) is 0.393. The van der Waals surface area contributed by atoms with Gasteiger partial charge in [-0.25, -0.2) is 4.79 Å². The van der Waals surface area contributed by atoms with E-state index in [9.17, 15) is 19.2 Å². The first-order valence-corrected chi connectivity index (χ1v) is 8.15. The predicted molar refractivity (Wildman–Crippen MR) is 89.7 cm³/mol. The van der Waals surface area contributed by atoms with Crippen molar-refractivity contribution in [2.45, 2.75) is 51.2 Å². The number of amides is 2. The van der Waals surface area contributed by atoms with E-state index in [1.54, 1.807) is 13.8 Å². The predicted octanol–water partition coefficient (Wildman–Crippen LogP) is -0.791. The molecule has 6 N–H and O–H groups in total. The Morgan fingerprint density at radius 1 is 1.08 bits per heavy atom. The highest BCUT2D eigenvalue weighted by Gasteiger charge is 2.27. The van der Waals surface area contributed by atoms with E-state index in [0.717, 1.165) is 0 Å². The van der Waals surface area contributed by atoms with Crippen LogP contribution in [-0.4, -0.2) is 57.8 Å². The van der Waals surface area contributed by atoms with E-state index in [2.05, 4.69) is 23.3 Å². The van der Waals surface area contributed by atoms with E-state index in [1.807, 2.05) is 0 Å². The highest BCUT2D eigenvalue weighted by molar-refractivity contribution is 7.80. The van der Waals surface area contributed by atoms with Crippen LogP contribution in [0.4, 0.5) is 0 Å². The van der Waals surface area contributed by atoms with Gasteiger partial charge in [-0.2, -0.15) is 12.6 Å². The summed E-state index contributed by atoms with van der Waals surface area (Å²) in [5.41, 5.74) is 5.33. The lowest BCUT2D eigenvalue weighted by atomic mass is 10.0. The molecule has 0 bridgehead atoms. The maximum absolute atomic E-state index is 12.1. The number of carboxylic acids is 2. The summed E-state index contributed by atoms with van der Waals surface area (Å²) in [6, 6.07) is -3.08. The maximum atomic E-state index is 12.1. The molecule has 10 heteroatoms. The van der Waals surface area contributed by atoms with Crippen LogP contribution in [0, 0.1) is 5.92 Å². The van der Waals surface area contributed by atoms with Gasteiger partial charge in [0.05, 0.1) is 0 Å². The molecule has 0 saturated carbocycles. The van der Waals surface area contributed by atoms with Crippen molar-refractivity contribution in [1.29, 1.82) is 0 Å². The Balaban J connectivity index is 4.47. The number of carbonyl (C=O) groups excluding carboxylic acids is 2. The quantitative estimate of drug-likeness (QED) is 0.262.